The smallest absolute Gasteiger partial charge is 0.326 e. The molecule has 0 saturated heterocycles. The summed E-state index contributed by atoms with van der Waals surface area (Å²) in [6.07, 6.45) is 2.37. The monoisotopic (exact) mass is 268 g/mol. The fourth-order valence-electron chi connectivity index (χ4n) is 1.71. The molecular weight excluding hydrogens is 248 g/mol. The summed E-state index contributed by atoms with van der Waals surface area (Å²) in [5.74, 6) is -1.24. The van der Waals surface area contributed by atoms with Crippen LogP contribution < -0.4 is 10.6 Å². The Labute approximate surface area is 112 Å². The van der Waals surface area contributed by atoms with Gasteiger partial charge in [0.1, 0.15) is 6.04 Å². The maximum Gasteiger partial charge on any atom is 0.326 e. The number of aliphatic carboxylic acids is 1. The number of carboxylic acid groups (broad SMARTS) is 1. The van der Waals surface area contributed by atoms with Gasteiger partial charge in [0.25, 0.3) is 0 Å². The van der Waals surface area contributed by atoms with Gasteiger partial charge >= 0.3 is 12.0 Å². The molecule has 3 N–H and O–H groups in total. The van der Waals surface area contributed by atoms with Crippen LogP contribution in [-0.2, 0) is 18.3 Å². The van der Waals surface area contributed by atoms with Crippen molar-refractivity contribution < 1.29 is 14.7 Å². The minimum absolute atomic E-state index is 0.192. The summed E-state index contributed by atoms with van der Waals surface area (Å²) in [5, 5.41) is 18.3. The molecular formula is C12H20N4O3. The highest BCUT2D eigenvalue weighted by molar-refractivity contribution is 5.92. The zero-order valence-electron chi connectivity index (χ0n) is 11.6. The molecule has 0 saturated carbocycles. The molecule has 0 spiro atoms. The standard InChI is InChI=1S/C12H20N4O3/c1-5-8-9(6-16(4)15-8)13-12(19)14-10(7(2)3)11(17)18/h6-7,10H,5H2,1-4H3,(H,17,18)(H2,13,14,19). The Balaban J connectivity index is 2.71. The third-order valence-corrected chi connectivity index (χ3v) is 2.71. The fraction of sp³-hybridized carbons (Fsp3) is 0.583. The lowest BCUT2D eigenvalue weighted by Crippen LogP contribution is -2.46. The van der Waals surface area contributed by atoms with Gasteiger partial charge in [-0.15, -0.1) is 0 Å². The number of rotatable bonds is 5. The predicted octanol–water partition coefficient (Wildman–Crippen LogP) is 1.21. The van der Waals surface area contributed by atoms with Crippen molar-refractivity contribution in [3.8, 4) is 0 Å². The van der Waals surface area contributed by atoms with Crippen LogP contribution in [-0.4, -0.2) is 32.9 Å². The van der Waals surface area contributed by atoms with Crippen LogP contribution >= 0.6 is 0 Å². The number of hydrogen-bond acceptors (Lipinski definition) is 3. The Bertz CT molecular complexity index is 468. The van der Waals surface area contributed by atoms with Crippen LogP contribution in [0.2, 0.25) is 0 Å². The van der Waals surface area contributed by atoms with Crippen molar-refractivity contribution in [2.75, 3.05) is 5.32 Å². The first-order chi connectivity index (χ1) is 8.85. The Hall–Kier alpha value is -2.05. The number of aromatic nitrogens is 2. The third-order valence-electron chi connectivity index (χ3n) is 2.71. The number of nitrogens with zero attached hydrogens (tertiary/aromatic N) is 2. The van der Waals surface area contributed by atoms with Crippen molar-refractivity contribution in [1.82, 2.24) is 15.1 Å². The zero-order chi connectivity index (χ0) is 14.6. The van der Waals surface area contributed by atoms with E-state index in [9.17, 15) is 9.59 Å². The lowest BCUT2D eigenvalue weighted by molar-refractivity contribution is -0.140. The van der Waals surface area contributed by atoms with E-state index in [1.165, 1.54) is 0 Å². The molecule has 1 rings (SSSR count). The zero-order valence-corrected chi connectivity index (χ0v) is 11.6. The van der Waals surface area contributed by atoms with Gasteiger partial charge in [0, 0.05) is 13.2 Å². The number of carboxylic acids is 1. The Morgan fingerprint density at radius 1 is 1.47 bits per heavy atom. The van der Waals surface area contributed by atoms with E-state index in [0.29, 0.717) is 12.1 Å². The van der Waals surface area contributed by atoms with Crippen molar-refractivity contribution in [1.29, 1.82) is 0 Å². The summed E-state index contributed by atoms with van der Waals surface area (Å²) < 4.78 is 1.60. The van der Waals surface area contributed by atoms with Crippen molar-refractivity contribution in [3.63, 3.8) is 0 Å². The van der Waals surface area contributed by atoms with Gasteiger partial charge in [-0.25, -0.2) is 9.59 Å². The molecule has 7 heteroatoms. The first-order valence-corrected chi connectivity index (χ1v) is 6.18. The number of aryl methyl sites for hydroxylation is 2. The van der Waals surface area contributed by atoms with Crippen LogP contribution in [0.25, 0.3) is 0 Å². The lowest BCUT2D eigenvalue weighted by atomic mass is 10.1. The van der Waals surface area contributed by atoms with Crippen LogP contribution in [0.1, 0.15) is 26.5 Å². The van der Waals surface area contributed by atoms with Crippen LogP contribution in [0.15, 0.2) is 6.20 Å². The Kier molecular flexibility index (Phi) is 4.91. The molecule has 106 valence electrons. The van der Waals surface area contributed by atoms with Gasteiger partial charge in [-0.05, 0) is 12.3 Å². The van der Waals surface area contributed by atoms with Gasteiger partial charge in [-0.2, -0.15) is 5.10 Å². The first kappa shape index (κ1) is 15.0. The summed E-state index contributed by atoms with van der Waals surface area (Å²) >= 11 is 0. The van der Waals surface area contributed by atoms with Gasteiger partial charge in [0.2, 0.25) is 0 Å². The maximum atomic E-state index is 11.8. The van der Waals surface area contributed by atoms with Crippen molar-refractivity contribution in [3.05, 3.63) is 11.9 Å². The second-order valence-electron chi connectivity index (χ2n) is 4.68. The van der Waals surface area contributed by atoms with Crippen molar-refractivity contribution >= 4 is 17.7 Å². The molecule has 7 nitrogen and oxygen atoms in total. The second kappa shape index (κ2) is 6.21. The summed E-state index contributed by atoms with van der Waals surface area (Å²) in [6.45, 7) is 5.40. The molecule has 19 heavy (non-hydrogen) atoms. The van der Waals surface area contributed by atoms with E-state index >= 15 is 0 Å². The minimum atomic E-state index is -1.05. The molecule has 0 aliphatic carbocycles. The first-order valence-electron chi connectivity index (χ1n) is 6.18. The summed E-state index contributed by atoms with van der Waals surface area (Å²) in [5.41, 5.74) is 1.35. The average Bonchev–Trinajstić information content (AvgIpc) is 2.65. The molecule has 0 aromatic carbocycles. The third kappa shape index (κ3) is 3.97. The summed E-state index contributed by atoms with van der Waals surface area (Å²) in [4.78, 5) is 22.8. The van der Waals surface area contributed by atoms with E-state index in [2.05, 4.69) is 15.7 Å². The van der Waals surface area contributed by atoms with E-state index in [0.717, 1.165) is 5.69 Å². The Morgan fingerprint density at radius 2 is 2.11 bits per heavy atom. The molecule has 0 radical (unpaired) electrons. The van der Waals surface area contributed by atoms with Crippen LogP contribution in [0.4, 0.5) is 10.5 Å². The molecule has 0 aliphatic heterocycles. The van der Waals surface area contributed by atoms with Crippen LogP contribution in [0.5, 0.6) is 0 Å². The number of carbonyl (C=O) groups is 2. The van der Waals surface area contributed by atoms with Crippen LogP contribution in [0.3, 0.4) is 0 Å². The maximum absolute atomic E-state index is 11.8. The van der Waals surface area contributed by atoms with Crippen molar-refractivity contribution in [2.45, 2.75) is 33.2 Å². The highest BCUT2D eigenvalue weighted by atomic mass is 16.4. The van der Waals surface area contributed by atoms with E-state index < -0.39 is 18.0 Å². The highest BCUT2D eigenvalue weighted by Crippen LogP contribution is 2.13. The van der Waals surface area contributed by atoms with E-state index in [-0.39, 0.29) is 5.92 Å². The van der Waals surface area contributed by atoms with E-state index in [1.54, 1.807) is 31.8 Å². The minimum Gasteiger partial charge on any atom is -0.480 e. The molecule has 1 unspecified atom stereocenters. The van der Waals surface area contributed by atoms with Gasteiger partial charge in [-0.3, -0.25) is 4.68 Å². The van der Waals surface area contributed by atoms with Gasteiger partial charge < -0.3 is 15.7 Å². The van der Waals surface area contributed by atoms with Crippen LogP contribution in [0, 0.1) is 5.92 Å². The molecule has 1 heterocycles. The van der Waals surface area contributed by atoms with E-state index in [4.69, 9.17) is 5.11 Å². The van der Waals surface area contributed by atoms with Gasteiger partial charge in [-0.1, -0.05) is 20.8 Å². The molecule has 1 aromatic heterocycles. The second-order valence-corrected chi connectivity index (χ2v) is 4.68. The lowest BCUT2D eigenvalue weighted by Gasteiger charge is -2.18. The number of nitrogens with one attached hydrogen (secondary N) is 2. The molecule has 2 amide bonds. The van der Waals surface area contributed by atoms with Gasteiger partial charge in [0.05, 0.1) is 11.4 Å². The quantitative estimate of drug-likeness (QED) is 0.748. The fourth-order valence-corrected chi connectivity index (χ4v) is 1.71. The summed E-state index contributed by atoms with van der Waals surface area (Å²) in [7, 11) is 1.76. The predicted molar refractivity (Wildman–Crippen MR) is 71.0 cm³/mol. The molecule has 1 aromatic rings. The molecule has 1 atom stereocenters. The summed E-state index contributed by atoms with van der Waals surface area (Å²) in [6, 6.07) is -1.45. The molecule has 0 bridgehead atoms. The SMILES string of the molecule is CCc1nn(C)cc1NC(=O)NC(C(=O)O)C(C)C. The molecule has 0 aliphatic rings. The number of anilines is 1. The highest BCUT2D eigenvalue weighted by Gasteiger charge is 2.23. The number of carbonyl (C=O) groups excluding carboxylic acids is 1. The van der Waals surface area contributed by atoms with Gasteiger partial charge in [0.15, 0.2) is 0 Å². The van der Waals surface area contributed by atoms with Crippen molar-refractivity contribution in [2.24, 2.45) is 13.0 Å². The topological polar surface area (TPSA) is 96.3 Å². The molecule has 0 fully saturated rings. The Morgan fingerprint density at radius 3 is 2.58 bits per heavy atom. The van der Waals surface area contributed by atoms with E-state index in [1.807, 2.05) is 6.92 Å². The number of hydrogen-bond donors (Lipinski definition) is 3. The number of amides is 2. The normalized spacial score (nSPS) is 12.3. The average molecular weight is 268 g/mol. The number of urea groups is 1. The largest absolute Gasteiger partial charge is 0.480 e.